The predicted octanol–water partition coefficient (Wildman–Crippen LogP) is 1.24. The lowest BCUT2D eigenvalue weighted by Crippen LogP contribution is -2.30. The third-order valence-electron chi connectivity index (χ3n) is 2.16. The van der Waals surface area contributed by atoms with Gasteiger partial charge < -0.3 is 5.73 Å². The molecule has 0 aliphatic heterocycles. The zero-order valence-electron chi connectivity index (χ0n) is 8.93. The molecule has 0 saturated heterocycles. The second-order valence-electron chi connectivity index (χ2n) is 3.07. The van der Waals surface area contributed by atoms with Crippen molar-refractivity contribution in [3.63, 3.8) is 0 Å². The molecule has 0 aliphatic rings. The molecule has 0 saturated carbocycles. The molecule has 1 aromatic rings. The van der Waals surface area contributed by atoms with Crippen LogP contribution in [-0.2, 0) is 16.6 Å². The average molecular weight is 248 g/mol. The van der Waals surface area contributed by atoms with Crippen LogP contribution in [0.2, 0.25) is 0 Å². The molecule has 2 N–H and O–H groups in total. The van der Waals surface area contributed by atoms with E-state index in [0.717, 1.165) is 5.56 Å². The number of sulfonamides is 1. The highest BCUT2D eigenvalue weighted by molar-refractivity contribution is 7.91. The lowest BCUT2D eigenvalue weighted by atomic mass is 10.4. The molecular weight excluding hydrogens is 232 g/mol. The third kappa shape index (κ3) is 2.57. The fourth-order valence-electron chi connectivity index (χ4n) is 1.29. The first kappa shape index (κ1) is 12.6. The molecule has 0 spiro atoms. The number of hydrogen-bond acceptors (Lipinski definition) is 4. The summed E-state index contributed by atoms with van der Waals surface area (Å²) in [6, 6.07) is 1.65. The van der Waals surface area contributed by atoms with E-state index in [-0.39, 0.29) is 0 Å². The molecule has 0 amide bonds. The Morgan fingerprint density at radius 1 is 1.40 bits per heavy atom. The Morgan fingerprint density at radius 2 is 2.00 bits per heavy atom. The van der Waals surface area contributed by atoms with Crippen LogP contribution in [0.3, 0.4) is 0 Å². The van der Waals surface area contributed by atoms with Crippen LogP contribution < -0.4 is 5.73 Å². The number of thiophene rings is 1. The summed E-state index contributed by atoms with van der Waals surface area (Å²) in [5.74, 6) is 0. The van der Waals surface area contributed by atoms with E-state index in [0.29, 0.717) is 23.8 Å². The maximum atomic E-state index is 12.0. The molecule has 0 aliphatic carbocycles. The number of hydrogen-bond donors (Lipinski definition) is 1. The fraction of sp³-hybridized carbons (Fsp3) is 0.556. The van der Waals surface area contributed by atoms with Crippen LogP contribution in [0.4, 0.5) is 0 Å². The molecule has 0 aromatic carbocycles. The molecule has 6 heteroatoms. The highest BCUT2D eigenvalue weighted by Gasteiger charge is 2.22. The molecule has 0 unspecified atom stereocenters. The highest BCUT2D eigenvalue weighted by atomic mass is 32.2. The molecule has 0 bridgehead atoms. The van der Waals surface area contributed by atoms with Gasteiger partial charge >= 0.3 is 0 Å². The Morgan fingerprint density at radius 3 is 2.40 bits per heavy atom. The summed E-state index contributed by atoms with van der Waals surface area (Å²) in [7, 11) is -3.29. The van der Waals surface area contributed by atoms with Gasteiger partial charge in [-0.3, -0.25) is 0 Å². The van der Waals surface area contributed by atoms with Gasteiger partial charge in [0.15, 0.2) is 0 Å². The monoisotopic (exact) mass is 248 g/mol. The Bertz CT molecular complexity index is 408. The molecule has 1 rings (SSSR count). The van der Waals surface area contributed by atoms with Gasteiger partial charge in [0.2, 0.25) is 0 Å². The first-order chi connectivity index (χ1) is 7.06. The summed E-state index contributed by atoms with van der Waals surface area (Å²) in [5, 5.41) is 1.79. The van der Waals surface area contributed by atoms with Crippen molar-refractivity contribution in [1.82, 2.24) is 4.31 Å². The Balaban J connectivity index is 3.04. The van der Waals surface area contributed by atoms with Crippen LogP contribution in [0.25, 0.3) is 0 Å². The normalized spacial score (nSPS) is 12.3. The average Bonchev–Trinajstić information content (AvgIpc) is 2.67. The maximum absolute atomic E-state index is 12.0. The summed E-state index contributed by atoms with van der Waals surface area (Å²) >= 11 is 1.23. The van der Waals surface area contributed by atoms with Crippen molar-refractivity contribution < 1.29 is 8.42 Å². The van der Waals surface area contributed by atoms with E-state index in [2.05, 4.69) is 0 Å². The number of nitrogens with zero attached hydrogens (tertiary/aromatic N) is 1. The van der Waals surface area contributed by atoms with Crippen LogP contribution >= 0.6 is 11.3 Å². The summed E-state index contributed by atoms with van der Waals surface area (Å²) in [6.45, 7) is 5.03. The molecule has 86 valence electrons. The summed E-state index contributed by atoms with van der Waals surface area (Å²) < 4.78 is 25.9. The van der Waals surface area contributed by atoms with E-state index in [1.807, 2.05) is 13.8 Å². The van der Waals surface area contributed by atoms with Crippen LogP contribution in [0, 0.1) is 0 Å². The second-order valence-corrected chi connectivity index (χ2v) is 6.14. The molecule has 15 heavy (non-hydrogen) atoms. The van der Waals surface area contributed by atoms with Crippen LogP contribution in [0.5, 0.6) is 0 Å². The van der Waals surface area contributed by atoms with Gasteiger partial charge in [-0.15, -0.1) is 11.3 Å². The fourth-order valence-corrected chi connectivity index (χ4v) is 4.12. The quantitative estimate of drug-likeness (QED) is 0.852. The number of nitrogens with two attached hydrogens (primary N) is 1. The van der Waals surface area contributed by atoms with Gasteiger partial charge in [-0.2, -0.15) is 4.31 Å². The van der Waals surface area contributed by atoms with Crippen LogP contribution in [0.15, 0.2) is 15.7 Å². The first-order valence-electron chi connectivity index (χ1n) is 4.83. The van der Waals surface area contributed by atoms with Gasteiger partial charge in [0, 0.05) is 19.6 Å². The SMILES string of the molecule is CCN(CC)S(=O)(=O)c1cc(CN)cs1. The molecule has 4 nitrogen and oxygen atoms in total. The van der Waals surface area contributed by atoms with E-state index < -0.39 is 10.0 Å². The zero-order chi connectivity index (χ0) is 11.5. The largest absolute Gasteiger partial charge is 0.326 e. The standard InChI is InChI=1S/C9H16N2O2S2/c1-3-11(4-2)15(12,13)9-5-8(6-10)7-14-9/h5,7H,3-4,6,10H2,1-2H3. The van der Waals surface area contributed by atoms with Crippen LogP contribution in [-0.4, -0.2) is 25.8 Å². The van der Waals surface area contributed by atoms with Crippen molar-refractivity contribution in [3.8, 4) is 0 Å². The minimum absolute atomic E-state index is 0.379. The Kier molecular flexibility index (Phi) is 4.27. The van der Waals surface area contributed by atoms with Gasteiger partial charge in [0.1, 0.15) is 4.21 Å². The lowest BCUT2D eigenvalue weighted by molar-refractivity contribution is 0.447. The molecular formula is C9H16N2O2S2. The van der Waals surface area contributed by atoms with E-state index >= 15 is 0 Å². The topological polar surface area (TPSA) is 63.4 Å². The molecule has 1 aromatic heterocycles. The summed E-state index contributed by atoms with van der Waals surface area (Å²) in [4.78, 5) is 0. The number of rotatable bonds is 5. The first-order valence-corrected chi connectivity index (χ1v) is 7.15. The van der Waals surface area contributed by atoms with E-state index in [4.69, 9.17) is 5.73 Å². The minimum atomic E-state index is -3.29. The Labute approximate surface area is 94.8 Å². The summed E-state index contributed by atoms with van der Waals surface area (Å²) in [6.07, 6.45) is 0. The molecule has 0 atom stereocenters. The Hall–Kier alpha value is -0.430. The van der Waals surface area contributed by atoms with Crippen molar-refractivity contribution in [2.45, 2.75) is 24.6 Å². The van der Waals surface area contributed by atoms with Gasteiger partial charge in [0.05, 0.1) is 0 Å². The highest BCUT2D eigenvalue weighted by Crippen LogP contribution is 2.23. The molecule has 0 radical (unpaired) electrons. The van der Waals surface area contributed by atoms with Crippen molar-refractivity contribution in [2.75, 3.05) is 13.1 Å². The van der Waals surface area contributed by atoms with Gasteiger partial charge in [-0.25, -0.2) is 8.42 Å². The maximum Gasteiger partial charge on any atom is 0.252 e. The van der Waals surface area contributed by atoms with Crippen molar-refractivity contribution >= 4 is 21.4 Å². The van der Waals surface area contributed by atoms with Gasteiger partial charge in [-0.05, 0) is 17.0 Å². The van der Waals surface area contributed by atoms with E-state index in [1.54, 1.807) is 11.4 Å². The van der Waals surface area contributed by atoms with Crippen molar-refractivity contribution in [3.05, 3.63) is 17.0 Å². The molecule has 0 fully saturated rings. The van der Waals surface area contributed by atoms with Gasteiger partial charge in [0.25, 0.3) is 10.0 Å². The van der Waals surface area contributed by atoms with E-state index in [9.17, 15) is 8.42 Å². The van der Waals surface area contributed by atoms with Crippen LogP contribution in [0.1, 0.15) is 19.4 Å². The minimum Gasteiger partial charge on any atom is -0.326 e. The molecule has 1 heterocycles. The zero-order valence-corrected chi connectivity index (χ0v) is 10.6. The van der Waals surface area contributed by atoms with Crippen molar-refractivity contribution in [2.24, 2.45) is 5.73 Å². The predicted molar refractivity (Wildman–Crippen MR) is 62.3 cm³/mol. The lowest BCUT2D eigenvalue weighted by Gasteiger charge is -2.16. The smallest absolute Gasteiger partial charge is 0.252 e. The third-order valence-corrected chi connectivity index (χ3v) is 5.68. The van der Waals surface area contributed by atoms with E-state index in [1.165, 1.54) is 15.6 Å². The second kappa shape index (κ2) is 5.07. The van der Waals surface area contributed by atoms with Crippen molar-refractivity contribution in [1.29, 1.82) is 0 Å². The van der Waals surface area contributed by atoms with Gasteiger partial charge in [-0.1, -0.05) is 13.8 Å². The summed E-state index contributed by atoms with van der Waals surface area (Å²) in [5.41, 5.74) is 6.31.